The van der Waals surface area contributed by atoms with Crippen LogP contribution in [-0.4, -0.2) is 28.5 Å². The highest BCUT2D eigenvalue weighted by Crippen LogP contribution is 2.25. The van der Waals surface area contributed by atoms with E-state index >= 15 is 0 Å². The van der Waals surface area contributed by atoms with Crippen molar-refractivity contribution in [3.8, 4) is 0 Å². The molecule has 0 saturated carbocycles. The summed E-state index contributed by atoms with van der Waals surface area (Å²) in [4.78, 5) is 0. The van der Waals surface area contributed by atoms with Gasteiger partial charge in [0.15, 0.2) is 0 Å². The second kappa shape index (κ2) is 5.48. The molecular weight excluding hydrogens is 321 g/mol. The van der Waals surface area contributed by atoms with Crippen LogP contribution in [0.1, 0.15) is 27.7 Å². The number of aliphatic hydroxyl groups is 1. The molecule has 0 fully saturated rings. The van der Waals surface area contributed by atoms with Crippen LogP contribution in [0.3, 0.4) is 0 Å². The van der Waals surface area contributed by atoms with Gasteiger partial charge in [0.25, 0.3) is 0 Å². The van der Waals surface area contributed by atoms with E-state index < -0.39 is 30.0 Å². The van der Waals surface area contributed by atoms with E-state index in [2.05, 4.69) is 15.9 Å². The van der Waals surface area contributed by atoms with E-state index in [-0.39, 0.29) is 9.94 Å². The summed E-state index contributed by atoms with van der Waals surface area (Å²) in [6, 6.07) is 1.76. The van der Waals surface area contributed by atoms with Gasteiger partial charge in [-0.15, -0.1) is 0 Å². The maximum Gasteiger partial charge on any atom is 0.494 e. The zero-order valence-corrected chi connectivity index (χ0v) is 12.8. The van der Waals surface area contributed by atoms with Crippen LogP contribution in [0, 0.1) is 11.6 Å². The highest BCUT2D eigenvalue weighted by Gasteiger charge is 2.40. The largest absolute Gasteiger partial charge is 0.494 e. The first-order valence-electron chi connectivity index (χ1n) is 5.68. The van der Waals surface area contributed by atoms with Gasteiger partial charge >= 0.3 is 7.12 Å². The van der Waals surface area contributed by atoms with Crippen molar-refractivity contribution in [1.29, 1.82) is 0 Å². The molecule has 106 valence electrons. The van der Waals surface area contributed by atoms with Gasteiger partial charge in [0.2, 0.25) is 0 Å². The molecule has 0 spiro atoms. The second-order valence-electron chi connectivity index (χ2n) is 5.33. The van der Waals surface area contributed by atoms with E-state index in [1.807, 2.05) is 0 Å². The van der Waals surface area contributed by atoms with Gasteiger partial charge in [0.1, 0.15) is 11.6 Å². The lowest BCUT2D eigenvalue weighted by atomic mass is 9.76. The molecule has 19 heavy (non-hydrogen) atoms. The van der Waals surface area contributed by atoms with Gasteiger partial charge in [-0.1, -0.05) is 0 Å². The molecule has 0 saturated heterocycles. The van der Waals surface area contributed by atoms with Crippen LogP contribution in [-0.2, 0) is 4.65 Å². The van der Waals surface area contributed by atoms with Gasteiger partial charge in [-0.25, -0.2) is 8.78 Å². The maximum atomic E-state index is 13.7. The predicted octanol–water partition coefficient (Wildman–Crippen LogP) is 1.98. The van der Waals surface area contributed by atoms with Crippen LogP contribution in [0.25, 0.3) is 0 Å². The summed E-state index contributed by atoms with van der Waals surface area (Å²) in [6.07, 6.45) is 0. The topological polar surface area (TPSA) is 49.7 Å². The van der Waals surface area contributed by atoms with Crippen molar-refractivity contribution in [3.05, 3.63) is 28.2 Å². The SMILES string of the molecule is CC(C)(O)C(C)(C)OB(O)c1cc(F)c(Br)cc1F. The fraction of sp³-hybridized carbons (Fsp3) is 0.500. The third kappa shape index (κ3) is 3.75. The normalized spacial score (nSPS) is 12.7. The van der Waals surface area contributed by atoms with Gasteiger partial charge in [0.05, 0.1) is 15.7 Å². The maximum absolute atomic E-state index is 13.7. The van der Waals surface area contributed by atoms with Crippen LogP contribution >= 0.6 is 15.9 Å². The fourth-order valence-corrected chi connectivity index (χ4v) is 1.53. The Balaban J connectivity index is 3.03. The summed E-state index contributed by atoms with van der Waals surface area (Å²) in [7, 11) is -1.68. The van der Waals surface area contributed by atoms with E-state index in [0.717, 1.165) is 12.1 Å². The first-order valence-corrected chi connectivity index (χ1v) is 6.47. The third-order valence-electron chi connectivity index (χ3n) is 3.19. The van der Waals surface area contributed by atoms with Crippen LogP contribution in [0.2, 0.25) is 0 Å². The van der Waals surface area contributed by atoms with Gasteiger partial charge in [-0.2, -0.15) is 0 Å². The first-order chi connectivity index (χ1) is 8.45. The average molecular weight is 337 g/mol. The summed E-state index contributed by atoms with van der Waals surface area (Å²) in [5, 5.41) is 19.8. The van der Waals surface area contributed by atoms with Crippen LogP contribution < -0.4 is 5.46 Å². The lowest BCUT2D eigenvalue weighted by Crippen LogP contribution is -2.53. The monoisotopic (exact) mass is 336 g/mol. The van der Waals surface area contributed by atoms with Crippen molar-refractivity contribution in [2.45, 2.75) is 38.9 Å². The molecule has 3 nitrogen and oxygen atoms in total. The molecule has 0 bridgehead atoms. The molecule has 1 aromatic carbocycles. The molecule has 0 amide bonds. The van der Waals surface area contributed by atoms with E-state index in [4.69, 9.17) is 4.65 Å². The third-order valence-corrected chi connectivity index (χ3v) is 3.79. The Morgan fingerprint density at radius 3 is 2.16 bits per heavy atom. The lowest BCUT2D eigenvalue weighted by Gasteiger charge is -2.38. The Morgan fingerprint density at radius 2 is 1.68 bits per heavy atom. The quantitative estimate of drug-likeness (QED) is 0.653. The zero-order valence-electron chi connectivity index (χ0n) is 11.2. The number of rotatable bonds is 4. The zero-order chi connectivity index (χ0) is 15.0. The summed E-state index contributed by atoms with van der Waals surface area (Å²) in [5.41, 5.74) is -2.74. The van der Waals surface area contributed by atoms with E-state index in [1.54, 1.807) is 13.8 Å². The molecule has 0 unspecified atom stereocenters. The smallest absolute Gasteiger partial charge is 0.423 e. The molecule has 0 atom stereocenters. The number of halogens is 3. The first kappa shape index (κ1) is 16.6. The molecule has 0 radical (unpaired) electrons. The van der Waals surface area contributed by atoms with Crippen LogP contribution in [0.15, 0.2) is 16.6 Å². The van der Waals surface area contributed by atoms with Gasteiger partial charge < -0.3 is 14.8 Å². The van der Waals surface area contributed by atoms with Crippen molar-refractivity contribution in [3.63, 3.8) is 0 Å². The van der Waals surface area contributed by atoms with E-state index in [9.17, 15) is 18.9 Å². The molecule has 0 aliphatic carbocycles. The van der Waals surface area contributed by atoms with Crippen molar-refractivity contribution in [1.82, 2.24) is 0 Å². The van der Waals surface area contributed by atoms with Crippen LogP contribution in [0.5, 0.6) is 0 Å². The van der Waals surface area contributed by atoms with E-state index in [0.29, 0.717) is 0 Å². The van der Waals surface area contributed by atoms with Crippen molar-refractivity contribution in [2.24, 2.45) is 0 Å². The fourth-order valence-electron chi connectivity index (χ4n) is 1.21. The number of hydrogen-bond acceptors (Lipinski definition) is 3. The Labute approximate surface area is 119 Å². The minimum absolute atomic E-state index is 0.0392. The summed E-state index contributed by atoms with van der Waals surface area (Å²) in [5.74, 6) is -1.51. The highest BCUT2D eigenvalue weighted by molar-refractivity contribution is 9.10. The highest BCUT2D eigenvalue weighted by atomic mass is 79.9. The molecule has 0 aliphatic heterocycles. The molecule has 7 heteroatoms. The lowest BCUT2D eigenvalue weighted by molar-refractivity contribution is -0.0983. The Morgan fingerprint density at radius 1 is 1.16 bits per heavy atom. The predicted molar refractivity (Wildman–Crippen MR) is 73.1 cm³/mol. The summed E-state index contributed by atoms with van der Waals surface area (Å²) in [6.45, 7) is 6.09. The minimum Gasteiger partial charge on any atom is -0.423 e. The van der Waals surface area contributed by atoms with E-state index in [1.165, 1.54) is 13.8 Å². The van der Waals surface area contributed by atoms with Crippen LogP contribution in [0.4, 0.5) is 8.78 Å². The Bertz CT molecular complexity index is 475. The van der Waals surface area contributed by atoms with Gasteiger partial charge in [-0.05, 0) is 55.8 Å². The van der Waals surface area contributed by atoms with Gasteiger partial charge in [0, 0.05) is 5.46 Å². The number of hydrogen-bond donors (Lipinski definition) is 2. The minimum atomic E-state index is -1.68. The molecular formula is C12H16BBrF2O3. The van der Waals surface area contributed by atoms with Crippen molar-refractivity contribution < 1.29 is 23.6 Å². The summed E-state index contributed by atoms with van der Waals surface area (Å²) < 4.78 is 32.2. The Hall–Kier alpha value is -0.495. The van der Waals surface area contributed by atoms with Gasteiger partial charge in [-0.3, -0.25) is 0 Å². The van der Waals surface area contributed by atoms with Crippen molar-refractivity contribution >= 4 is 28.5 Å². The number of benzene rings is 1. The molecule has 1 rings (SSSR count). The Kier molecular flexibility index (Phi) is 4.77. The molecule has 2 N–H and O–H groups in total. The average Bonchev–Trinajstić information content (AvgIpc) is 2.20. The molecule has 1 aromatic rings. The molecule has 0 aromatic heterocycles. The summed E-state index contributed by atoms with van der Waals surface area (Å²) >= 11 is 2.85. The molecule has 0 heterocycles. The van der Waals surface area contributed by atoms with Crippen molar-refractivity contribution in [2.75, 3.05) is 0 Å². The second-order valence-corrected chi connectivity index (χ2v) is 6.18. The molecule has 0 aliphatic rings. The standard InChI is InChI=1S/C12H16BBrF2O3/c1-11(2,17)12(3,4)19-13(18)7-5-10(16)8(14)6-9(7)15/h5-6,17-18H,1-4H3.